The van der Waals surface area contributed by atoms with E-state index in [1.807, 2.05) is 20.8 Å². The smallest absolute Gasteiger partial charge is 0.214 e. The molecule has 1 saturated heterocycles. The van der Waals surface area contributed by atoms with Gasteiger partial charge in [-0.05, 0) is 30.7 Å². The van der Waals surface area contributed by atoms with Crippen molar-refractivity contribution < 1.29 is 8.42 Å². The maximum absolute atomic E-state index is 12.4. The van der Waals surface area contributed by atoms with E-state index in [1.54, 1.807) is 4.31 Å². The van der Waals surface area contributed by atoms with Crippen molar-refractivity contribution >= 4 is 10.0 Å². The third kappa shape index (κ3) is 5.40. The van der Waals surface area contributed by atoms with Crippen molar-refractivity contribution in [3.63, 3.8) is 0 Å². The third-order valence-electron chi connectivity index (χ3n) is 3.53. The molecule has 114 valence electrons. The summed E-state index contributed by atoms with van der Waals surface area (Å²) in [6, 6.07) is 0.459. The molecule has 0 bridgehead atoms. The zero-order valence-corrected chi connectivity index (χ0v) is 13.9. The van der Waals surface area contributed by atoms with E-state index < -0.39 is 10.0 Å². The highest BCUT2D eigenvalue weighted by atomic mass is 32.2. The van der Waals surface area contributed by atoms with E-state index in [1.165, 1.54) is 0 Å². The molecule has 0 amide bonds. The number of sulfonamides is 1. The molecule has 0 saturated carbocycles. The van der Waals surface area contributed by atoms with Gasteiger partial charge in [0, 0.05) is 19.1 Å². The zero-order valence-electron chi connectivity index (χ0n) is 13.1. The topological polar surface area (TPSA) is 49.4 Å². The molecular weight excluding hydrogens is 260 g/mol. The standard InChI is InChI=1S/C14H30N2O2S/c1-6-8-15-13-7-9-16(10-12(13)2)19(17,18)11-14(3,4)5/h12-13,15H,6-11H2,1-5H3. The number of nitrogens with zero attached hydrogens (tertiary/aromatic N) is 1. The number of rotatable bonds is 5. The van der Waals surface area contributed by atoms with Crippen LogP contribution in [0, 0.1) is 11.3 Å². The minimum atomic E-state index is -3.11. The van der Waals surface area contributed by atoms with Gasteiger partial charge in [-0.25, -0.2) is 12.7 Å². The summed E-state index contributed by atoms with van der Waals surface area (Å²) in [6.07, 6.45) is 2.04. The van der Waals surface area contributed by atoms with Gasteiger partial charge in [0.15, 0.2) is 0 Å². The maximum atomic E-state index is 12.4. The van der Waals surface area contributed by atoms with Crippen LogP contribution in [0.3, 0.4) is 0 Å². The fourth-order valence-corrected chi connectivity index (χ4v) is 4.75. The molecule has 1 fully saturated rings. The Morgan fingerprint density at radius 3 is 2.42 bits per heavy atom. The summed E-state index contributed by atoms with van der Waals surface area (Å²) >= 11 is 0. The molecule has 0 aromatic carbocycles. The molecule has 2 atom stereocenters. The van der Waals surface area contributed by atoms with Crippen LogP contribution >= 0.6 is 0 Å². The second kappa shape index (κ2) is 6.55. The predicted molar refractivity (Wildman–Crippen MR) is 80.7 cm³/mol. The van der Waals surface area contributed by atoms with Crippen LogP contribution in [-0.4, -0.2) is 44.2 Å². The van der Waals surface area contributed by atoms with Gasteiger partial charge in [0.05, 0.1) is 5.75 Å². The van der Waals surface area contributed by atoms with Gasteiger partial charge in [0.25, 0.3) is 0 Å². The lowest BCUT2D eigenvalue weighted by Gasteiger charge is -2.37. The molecule has 1 N–H and O–H groups in total. The summed E-state index contributed by atoms with van der Waals surface area (Å²) < 4.78 is 26.4. The fraction of sp³-hybridized carbons (Fsp3) is 1.00. The Bertz CT molecular complexity index is 373. The Morgan fingerprint density at radius 1 is 1.32 bits per heavy atom. The van der Waals surface area contributed by atoms with Crippen LogP contribution in [0.4, 0.5) is 0 Å². The molecule has 0 spiro atoms. The molecule has 4 nitrogen and oxygen atoms in total. The summed E-state index contributed by atoms with van der Waals surface area (Å²) in [7, 11) is -3.11. The fourth-order valence-electron chi connectivity index (χ4n) is 2.63. The van der Waals surface area contributed by atoms with Crippen molar-refractivity contribution in [2.75, 3.05) is 25.4 Å². The summed E-state index contributed by atoms with van der Waals surface area (Å²) in [5.74, 6) is 0.620. The van der Waals surface area contributed by atoms with Crippen molar-refractivity contribution in [2.45, 2.75) is 53.5 Å². The minimum absolute atomic E-state index is 0.181. The SMILES string of the molecule is CCCNC1CCN(S(=O)(=O)CC(C)(C)C)CC1C. The molecule has 1 aliphatic rings. The molecule has 2 unspecified atom stereocenters. The van der Waals surface area contributed by atoms with E-state index in [0.29, 0.717) is 25.0 Å². The molecule has 0 aromatic rings. The Kier molecular flexibility index (Phi) is 5.83. The predicted octanol–water partition coefficient (Wildman–Crippen LogP) is 2.07. The van der Waals surface area contributed by atoms with E-state index in [0.717, 1.165) is 19.4 Å². The van der Waals surface area contributed by atoms with E-state index in [9.17, 15) is 8.42 Å². The largest absolute Gasteiger partial charge is 0.314 e. The number of nitrogens with one attached hydrogen (secondary N) is 1. The lowest BCUT2D eigenvalue weighted by molar-refractivity contribution is 0.219. The van der Waals surface area contributed by atoms with Gasteiger partial charge in [-0.15, -0.1) is 0 Å². The Balaban J connectivity index is 2.60. The van der Waals surface area contributed by atoms with Crippen LogP contribution in [-0.2, 0) is 10.0 Å². The first-order chi connectivity index (χ1) is 8.65. The van der Waals surface area contributed by atoms with E-state index in [4.69, 9.17) is 0 Å². The molecule has 1 aliphatic heterocycles. The van der Waals surface area contributed by atoms with E-state index >= 15 is 0 Å². The highest BCUT2D eigenvalue weighted by molar-refractivity contribution is 7.89. The van der Waals surface area contributed by atoms with Crippen LogP contribution in [0.25, 0.3) is 0 Å². The van der Waals surface area contributed by atoms with Crippen molar-refractivity contribution in [3.05, 3.63) is 0 Å². The average molecular weight is 290 g/mol. The van der Waals surface area contributed by atoms with Crippen LogP contribution in [0.1, 0.15) is 47.5 Å². The Morgan fingerprint density at radius 2 is 1.95 bits per heavy atom. The van der Waals surface area contributed by atoms with Crippen molar-refractivity contribution in [3.8, 4) is 0 Å². The second-order valence-corrected chi connectivity index (χ2v) is 8.97. The van der Waals surface area contributed by atoms with Crippen LogP contribution in [0.5, 0.6) is 0 Å². The van der Waals surface area contributed by atoms with Gasteiger partial charge in [0.2, 0.25) is 10.0 Å². The van der Waals surface area contributed by atoms with Crippen LogP contribution < -0.4 is 5.32 Å². The van der Waals surface area contributed by atoms with Gasteiger partial charge in [-0.3, -0.25) is 0 Å². The summed E-state index contributed by atoms with van der Waals surface area (Å²) in [4.78, 5) is 0. The molecule has 0 aliphatic carbocycles. The number of hydrogen-bond acceptors (Lipinski definition) is 3. The lowest BCUT2D eigenvalue weighted by atomic mass is 9.95. The van der Waals surface area contributed by atoms with E-state index in [-0.39, 0.29) is 11.2 Å². The van der Waals surface area contributed by atoms with Gasteiger partial charge in [-0.2, -0.15) is 0 Å². The first-order valence-corrected chi connectivity index (χ1v) is 8.98. The summed E-state index contributed by atoms with van der Waals surface area (Å²) in [5, 5.41) is 3.52. The van der Waals surface area contributed by atoms with Crippen molar-refractivity contribution in [1.29, 1.82) is 0 Å². The normalized spacial score (nSPS) is 26.6. The second-order valence-electron chi connectivity index (χ2n) is 7.00. The molecule has 0 radical (unpaired) electrons. The number of hydrogen-bond donors (Lipinski definition) is 1. The molecule has 0 aromatic heterocycles. The van der Waals surface area contributed by atoms with Gasteiger partial charge in [0.1, 0.15) is 0 Å². The van der Waals surface area contributed by atoms with Gasteiger partial charge in [-0.1, -0.05) is 34.6 Å². The number of piperidine rings is 1. The third-order valence-corrected chi connectivity index (χ3v) is 5.88. The first-order valence-electron chi connectivity index (χ1n) is 7.37. The molecule has 1 heterocycles. The Labute approximate surface area is 119 Å². The molecule has 5 heteroatoms. The van der Waals surface area contributed by atoms with Crippen LogP contribution in [0.15, 0.2) is 0 Å². The van der Waals surface area contributed by atoms with Gasteiger partial charge < -0.3 is 5.32 Å². The average Bonchev–Trinajstić information content (AvgIpc) is 2.24. The molecule has 19 heavy (non-hydrogen) atoms. The highest BCUT2D eigenvalue weighted by Gasteiger charge is 2.34. The van der Waals surface area contributed by atoms with Crippen molar-refractivity contribution in [1.82, 2.24) is 9.62 Å². The quantitative estimate of drug-likeness (QED) is 0.843. The van der Waals surface area contributed by atoms with Crippen molar-refractivity contribution in [2.24, 2.45) is 11.3 Å². The van der Waals surface area contributed by atoms with E-state index in [2.05, 4.69) is 19.2 Å². The zero-order chi connectivity index (χ0) is 14.7. The summed E-state index contributed by atoms with van der Waals surface area (Å²) in [5.41, 5.74) is -0.181. The first kappa shape index (κ1) is 16.9. The lowest BCUT2D eigenvalue weighted by Crippen LogP contribution is -2.51. The van der Waals surface area contributed by atoms with Crippen LogP contribution in [0.2, 0.25) is 0 Å². The molecular formula is C14H30N2O2S. The Hall–Kier alpha value is -0.130. The monoisotopic (exact) mass is 290 g/mol. The minimum Gasteiger partial charge on any atom is -0.314 e. The molecule has 1 rings (SSSR count). The highest BCUT2D eigenvalue weighted by Crippen LogP contribution is 2.24. The summed E-state index contributed by atoms with van der Waals surface area (Å²) in [6.45, 7) is 12.6. The maximum Gasteiger partial charge on any atom is 0.214 e. The van der Waals surface area contributed by atoms with Gasteiger partial charge >= 0.3 is 0 Å².